The molecule has 0 radical (unpaired) electrons. The zero-order valence-corrected chi connectivity index (χ0v) is 15.3. The van der Waals surface area contributed by atoms with Crippen LogP contribution in [0, 0.1) is 0 Å². The molecule has 0 saturated heterocycles. The predicted molar refractivity (Wildman–Crippen MR) is 103 cm³/mol. The van der Waals surface area contributed by atoms with Crippen LogP contribution in [0.25, 0.3) is 0 Å². The van der Waals surface area contributed by atoms with Crippen molar-refractivity contribution in [3.63, 3.8) is 0 Å². The Balaban J connectivity index is 1.53. The molecule has 25 heavy (non-hydrogen) atoms. The van der Waals surface area contributed by atoms with Crippen molar-refractivity contribution in [2.75, 3.05) is 32.1 Å². The topological polar surface area (TPSA) is 35.6 Å². The third-order valence-electron chi connectivity index (χ3n) is 4.99. The predicted octanol–water partition coefficient (Wildman–Crippen LogP) is 2.93. The molecule has 1 aliphatic heterocycles. The SMILES string of the molecule is CC(CNC(=O)c1ccc(N(C)C)cc1)N1CCc2ccccc2C1. The van der Waals surface area contributed by atoms with Gasteiger partial charge in [0.05, 0.1) is 0 Å². The number of anilines is 1. The number of amides is 1. The first kappa shape index (κ1) is 17.5. The number of nitrogens with zero attached hydrogens (tertiary/aromatic N) is 2. The number of nitrogens with one attached hydrogen (secondary N) is 1. The van der Waals surface area contributed by atoms with E-state index in [1.807, 2.05) is 43.3 Å². The van der Waals surface area contributed by atoms with Gasteiger partial charge in [0, 0.05) is 51.0 Å². The molecule has 4 heteroatoms. The molecule has 132 valence electrons. The summed E-state index contributed by atoms with van der Waals surface area (Å²) in [7, 11) is 3.99. The zero-order valence-electron chi connectivity index (χ0n) is 15.3. The minimum Gasteiger partial charge on any atom is -0.378 e. The highest BCUT2D eigenvalue weighted by Gasteiger charge is 2.20. The van der Waals surface area contributed by atoms with Crippen LogP contribution in [0.3, 0.4) is 0 Å². The summed E-state index contributed by atoms with van der Waals surface area (Å²) in [6.45, 7) is 4.86. The van der Waals surface area contributed by atoms with Crippen LogP contribution in [0.5, 0.6) is 0 Å². The highest BCUT2D eigenvalue weighted by molar-refractivity contribution is 5.94. The molecule has 1 unspecified atom stereocenters. The molecule has 2 aromatic carbocycles. The highest BCUT2D eigenvalue weighted by atomic mass is 16.1. The molecular weight excluding hydrogens is 310 g/mol. The van der Waals surface area contributed by atoms with Gasteiger partial charge in [-0.05, 0) is 48.7 Å². The number of carbonyl (C=O) groups excluding carboxylic acids is 1. The van der Waals surface area contributed by atoms with Gasteiger partial charge in [0.2, 0.25) is 0 Å². The molecule has 1 aliphatic rings. The van der Waals surface area contributed by atoms with Gasteiger partial charge in [0.15, 0.2) is 0 Å². The van der Waals surface area contributed by atoms with Crippen LogP contribution in [0.2, 0.25) is 0 Å². The van der Waals surface area contributed by atoms with Crippen molar-refractivity contribution in [2.24, 2.45) is 0 Å². The van der Waals surface area contributed by atoms with E-state index in [1.165, 1.54) is 11.1 Å². The van der Waals surface area contributed by atoms with Crippen molar-refractivity contribution in [2.45, 2.75) is 25.9 Å². The third kappa shape index (κ3) is 4.20. The second kappa shape index (κ2) is 7.70. The van der Waals surface area contributed by atoms with Gasteiger partial charge < -0.3 is 10.2 Å². The molecule has 0 spiro atoms. The summed E-state index contributed by atoms with van der Waals surface area (Å²) in [5.41, 5.74) is 4.67. The van der Waals surface area contributed by atoms with Crippen molar-refractivity contribution in [1.82, 2.24) is 10.2 Å². The highest BCUT2D eigenvalue weighted by Crippen LogP contribution is 2.20. The summed E-state index contributed by atoms with van der Waals surface area (Å²) >= 11 is 0. The van der Waals surface area contributed by atoms with Crippen molar-refractivity contribution < 1.29 is 4.79 Å². The molecule has 3 rings (SSSR count). The van der Waals surface area contributed by atoms with E-state index in [9.17, 15) is 4.79 Å². The Morgan fingerprint density at radius 3 is 2.48 bits per heavy atom. The lowest BCUT2D eigenvalue weighted by atomic mass is 9.99. The first-order valence-electron chi connectivity index (χ1n) is 8.91. The van der Waals surface area contributed by atoms with E-state index in [0.717, 1.165) is 25.2 Å². The average molecular weight is 337 g/mol. The molecule has 1 amide bonds. The van der Waals surface area contributed by atoms with E-state index in [1.54, 1.807) is 0 Å². The minimum absolute atomic E-state index is 0.00503. The Morgan fingerprint density at radius 1 is 1.12 bits per heavy atom. The summed E-state index contributed by atoms with van der Waals surface area (Å²) in [5.74, 6) is -0.00503. The van der Waals surface area contributed by atoms with Gasteiger partial charge in [-0.1, -0.05) is 24.3 Å². The Bertz CT molecular complexity index is 724. The first-order chi connectivity index (χ1) is 12.0. The number of hydrogen-bond donors (Lipinski definition) is 1. The number of hydrogen-bond acceptors (Lipinski definition) is 3. The van der Waals surface area contributed by atoms with Gasteiger partial charge in [-0.2, -0.15) is 0 Å². The standard InChI is InChI=1S/C21H27N3O/c1-16(24-13-12-17-6-4-5-7-19(17)15-24)14-22-21(25)18-8-10-20(11-9-18)23(2)3/h4-11,16H,12-15H2,1-3H3,(H,22,25). The molecule has 1 heterocycles. The summed E-state index contributed by atoms with van der Waals surface area (Å²) < 4.78 is 0. The maximum absolute atomic E-state index is 12.4. The van der Waals surface area contributed by atoms with Gasteiger partial charge in [0.1, 0.15) is 0 Å². The van der Waals surface area contributed by atoms with E-state index >= 15 is 0 Å². The van der Waals surface area contributed by atoms with Crippen molar-refractivity contribution in [3.05, 3.63) is 65.2 Å². The van der Waals surface area contributed by atoms with Gasteiger partial charge in [-0.25, -0.2) is 0 Å². The fourth-order valence-corrected chi connectivity index (χ4v) is 3.28. The Labute approximate surface area is 150 Å². The Morgan fingerprint density at radius 2 is 1.80 bits per heavy atom. The summed E-state index contributed by atoms with van der Waals surface area (Å²) in [4.78, 5) is 16.8. The van der Waals surface area contributed by atoms with E-state index in [-0.39, 0.29) is 5.91 Å². The molecule has 1 N–H and O–H groups in total. The summed E-state index contributed by atoms with van der Waals surface area (Å²) in [5, 5.41) is 3.07. The molecule has 1 atom stereocenters. The number of rotatable bonds is 5. The van der Waals surface area contributed by atoms with Crippen LogP contribution >= 0.6 is 0 Å². The molecule has 0 aliphatic carbocycles. The molecule has 0 saturated carbocycles. The maximum Gasteiger partial charge on any atom is 0.251 e. The fraction of sp³-hybridized carbons (Fsp3) is 0.381. The molecular formula is C21H27N3O. The van der Waals surface area contributed by atoms with E-state index in [0.29, 0.717) is 18.2 Å². The Hall–Kier alpha value is -2.33. The number of benzene rings is 2. The fourth-order valence-electron chi connectivity index (χ4n) is 3.28. The smallest absolute Gasteiger partial charge is 0.251 e. The number of fused-ring (bicyclic) bond motifs is 1. The monoisotopic (exact) mass is 337 g/mol. The lowest BCUT2D eigenvalue weighted by molar-refractivity contribution is 0.0932. The largest absolute Gasteiger partial charge is 0.378 e. The third-order valence-corrected chi connectivity index (χ3v) is 4.99. The van der Waals surface area contributed by atoms with Gasteiger partial charge in [-0.15, -0.1) is 0 Å². The number of carbonyl (C=O) groups is 1. The summed E-state index contributed by atoms with van der Waals surface area (Å²) in [6.07, 6.45) is 1.08. The van der Waals surface area contributed by atoms with Crippen LogP contribution in [0.15, 0.2) is 48.5 Å². The van der Waals surface area contributed by atoms with Crippen LogP contribution in [-0.2, 0) is 13.0 Å². The van der Waals surface area contributed by atoms with E-state index in [4.69, 9.17) is 0 Å². The second-order valence-corrected chi connectivity index (χ2v) is 6.99. The van der Waals surface area contributed by atoms with Crippen LogP contribution in [0.4, 0.5) is 5.69 Å². The van der Waals surface area contributed by atoms with Gasteiger partial charge in [-0.3, -0.25) is 9.69 Å². The van der Waals surface area contributed by atoms with Crippen molar-refractivity contribution in [3.8, 4) is 0 Å². The maximum atomic E-state index is 12.4. The lowest BCUT2D eigenvalue weighted by Gasteiger charge is -2.33. The molecule has 4 nitrogen and oxygen atoms in total. The summed E-state index contributed by atoms with van der Waals surface area (Å²) in [6, 6.07) is 16.7. The van der Waals surface area contributed by atoms with Crippen LogP contribution in [0.1, 0.15) is 28.4 Å². The van der Waals surface area contributed by atoms with Gasteiger partial charge in [0.25, 0.3) is 5.91 Å². The minimum atomic E-state index is -0.00503. The molecule has 0 aromatic heterocycles. The quantitative estimate of drug-likeness (QED) is 0.911. The molecule has 2 aromatic rings. The second-order valence-electron chi connectivity index (χ2n) is 6.99. The molecule has 0 bridgehead atoms. The van der Waals surface area contributed by atoms with Crippen molar-refractivity contribution >= 4 is 11.6 Å². The first-order valence-corrected chi connectivity index (χ1v) is 8.91. The average Bonchev–Trinajstić information content (AvgIpc) is 2.65. The van der Waals surface area contributed by atoms with Crippen LogP contribution in [-0.4, -0.2) is 44.0 Å². The lowest BCUT2D eigenvalue weighted by Crippen LogP contribution is -2.44. The zero-order chi connectivity index (χ0) is 17.8. The Kier molecular flexibility index (Phi) is 5.39. The van der Waals surface area contributed by atoms with Crippen molar-refractivity contribution in [1.29, 1.82) is 0 Å². The van der Waals surface area contributed by atoms with E-state index in [2.05, 4.69) is 41.4 Å². The molecule has 0 fully saturated rings. The van der Waals surface area contributed by atoms with E-state index < -0.39 is 0 Å². The van der Waals surface area contributed by atoms with Crippen LogP contribution < -0.4 is 10.2 Å². The normalized spacial score (nSPS) is 15.3. The van der Waals surface area contributed by atoms with Gasteiger partial charge >= 0.3 is 0 Å².